The summed E-state index contributed by atoms with van der Waals surface area (Å²) in [5.74, 6) is -0.289. The molecule has 126 valence electrons. The summed E-state index contributed by atoms with van der Waals surface area (Å²) in [6, 6.07) is 11.5. The first-order valence-electron chi connectivity index (χ1n) is 6.84. The number of nitro groups is 1. The summed E-state index contributed by atoms with van der Waals surface area (Å²) >= 11 is 15.5. The maximum atomic E-state index is 12.7. The number of nitrogens with zero attached hydrogens (tertiary/aromatic N) is 2. The number of anilines is 1. The Hall–Kier alpha value is -1.74. The number of carbonyl (C=O) groups excluding carboxylic acids is 1. The zero-order valence-electron chi connectivity index (χ0n) is 12.3. The maximum Gasteiger partial charge on any atom is 0.284 e. The van der Waals surface area contributed by atoms with Crippen LogP contribution >= 0.6 is 51.5 Å². The monoisotopic (exact) mass is 454 g/mol. The van der Waals surface area contributed by atoms with Gasteiger partial charge in [0.1, 0.15) is 0 Å². The molecule has 9 heteroatoms. The van der Waals surface area contributed by atoms with Crippen molar-refractivity contribution in [3.05, 3.63) is 72.5 Å². The lowest BCUT2D eigenvalue weighted by molar-refractivity contribution is -0.385. The van der Waals surface area contributed by atoms with Crippen LogP contribution in [0.4, 0.5) is 11.4 Å². The summed E-state index contributed by atoms with van der Waals surface area (Å²) in [4.78, 5) is 25.0. The van der Waals surface area contributed by atoms with Gasteiger partial charge in [0.25, 0.3) is 11.6 Å². The van der Waals surface area contributed by atoms with Crippen LogP contribution in [0.15, 0.2) is 51.8 Å². The van der Waals surface area contributed by atoms with Crippen molar-refractivity contribution in [2.45, 2.75) is 0 Å². The van der Waals surface area contributed by atoms with Crippen molar-refractivity contribution in [1.82, 2.24) is 0 Å². The molecule has 1 heterocycles. The highest BCUT2D eigenvalue weighted by atomic mass is 79.9. The minimum absolute atomic E-state index is 0.0703. The highest BCUT2D eigenvalue weighted by Gasteiger charge is 2.33. The van der Waals surface area contributed by atoms with Gasteiger partial charge in [-0.1, -0.05) is 47.7 Å². The number of thioether (sulfide) groups is 1. The molecule has 2 aromatic rings. The van der Waals surface area contributed by atoms with E-state index in [1.807, 2.05) is 0 Å². The molecule has 3 rings (SSSR count). The lowest BCUT2D eigenvalue weighted by atomic mass is 10.2. The molecule has 0 saturated carbocycles. The Morgan fingerprint density at radius 3 is 2.72 bits per heavy atom. The Labute approximate surface area is 165 Å². The SMILES string of the molecule is O=C1/C(=C\c2ccc(Br)c([N+](=O)[O-])c2)SC(=S)N1c1cccc(Cl)c1. The van der Waals surface area contributed by atoms with Gasteiger partial charge >= 0.3 is 0 Å². The molecule has 1 saturated heterocycles. The number of hydrogen-bond donors (Lipinski definition) is 0. The third kappa shape index (κ3) is 3.77. The average Bonchev–Trinajstić information content (AvgIpc) is 2.83. The van der Waals surface area contributed by atoms with Crippen LogP contribution < -0.4 is 4.90 Å². The number of amides is 1. The van der Waals surface area contributed by atoms with Crippen molar-refractivity contribution in [1.29, 1.82) is 0 Å². The molecule has 0 N–H and O–H groups in total. The first-order valence-corrected chi connectivity index (χ1v) is 9.24. The molecule has 0 aromatic heterocycles. The van der Waals surface area contributed by atoms with E-state index in [0.717, 1.165) is 11.8 Å². The second kappa shape index (κ2) is 7.25. The number of thiocarbonyl (C=S) groups is 1. The van der Waals surface area contributed by atoms with E-state index in [1.165, 1.54) is 11.0 Å². The number of halogens is 2. The van der Waals surface area contributed by atoms with Gasteiger partial charge < -0.3 is 0 Å². The summed E-state index contributed by atoms with van der Waals surface area (Å²) in [6.45, 7) is 0. The third-order valence-electron chi connectivity index (χ3n) is 3.32. The van der Waals surface area contributed by atoms with Crippen LogP contribution in [0, 0.1) is 10.1 Å². The summed E-state index contributed by atoms with van der Waals surface area (Å²) in [5, 5.41) is 11.5. The quantitative estimate of drug-likeness (QED) is 0.268. The number of rotatable bonds is 3. The molecule has 0 radical (unpaired) electrons. The van der Waals surface area contributed by atoms with Gasteiger partial charge in [0.2, 0.25) is 0 Å². The zero-order valence-corrected chi connectivity index (χ0v) is 16.3. The molecule has 0 unspecified atom stereocenters. The highest BCUT2D eigenvalue weighted by molar-refractivity contribution is 9.10. The van der Waals surface area contributed by atoms with Crippen LogP contribution in [0.25, 0.3) is 6.08 Å². The zero-order chi connectivity index (χ0) is 18.1. The summed E-state index contributed by atoms with van der Waals surface area (Å²) < 4.78 is 0.756. The Morgan fingerprint density at radius 1 is 1.28 bits per heavy atom. The lowest BCUT2D eigenvalue weighted by Gasteiger charge is -2.14. The summed E-state index contributed by atoms with van der Waals surface area (Å²) in [6.07, 6.45) is 1.59. The van der Waals surface area contributed by atoms with Gasteiger partial charge in [-0.2, -0.15) is 0 Å². The Bertz CT molecular complexity index is 949. The fourth-order valence-electron chi connectivity index (χ4n) is 2.22. The second-order valence-corrected chi connectivity index (χ2v) is 7.93. The van der Waals surface area contributed by atoms with E-state index in [4.69, 9.17) is 23.8 Å². The average molecular weight is 456 g/mol. The highest BCUT2D eigenvalue weighted by Crippen LogP contribution is 2.37. The first-order chi connectivity index (χ1) is 11.9. The van der Waals surface area contributed by atoms with Crippen LogP contribution in [0.5, 0.6) is 0 Å². The van der Waals surface area contributed by atoms with Gasteiger partial charge in [-0.25, -0.2) is 0 Å². The maximum absolute atomic E-state index is 12.7. The van der Waals surface area contributed by atoms with Crippen molar-refractivity contribution in [3.8, 4) is 0 Å². The van der Waals surface area contributed by atoms with Gasteiger partial charge in [-0.05, 0) is 51.8 Å². The molecular weight excluding hydrogens is 448 g/mol. The standard InChI is InChI=1S/C16H8BrClN2O3S2/c17-12-5-4-9(6-13(12)20(22)23)7-14-15(21)19(16(24)25-14)11-3-1-2-10(18)8-11/h1-8H/b14-7+. The number of benzene rings is 2. The number of nitro benzene ring substituents is 1. The van der Waals surface area contributed by atoms with Gasteiger partial charge in [-0.15, -0.1) is 0 Å². The first kappa shape index (κ1) is 18.1. The predicted octanol–water partition coefficient (Wildman–Crippen LogP) is 5.42. The van der Waals surface area contributed by atoms with Crippen LogP contribution in [0.1, 0.15) is 5.56 Å². The van der Waals surface area contributed by atoms with E-state index in [9.17, 15) is 14.9 Å². The minimum atomic E-state index is -0.487. The van der Waals surface area contributed by atoms with Gasteiger partial charge in [0.15, 0.2) is 4.32 Å². The van der Waals surface area contributed by atoms with E-state index in [0.29, 0.717) is 30.0 Å². The summed E-state index contributed by atoms with van der Waals surface area (Å²) in [7, 11) is 0. The van der Waals surface area contributed by atoms with Gasteiger partial charge in [-0.3, -0.25) is 19.8 Å². The number of carbonyl (C=O) groups is 1. The number of hydrogen-bond acceptors (Lipinski definition) is 5. The topological polar surface area (TPSA) is 63.4 Å². The molecule has 0 bridgehead atoms. The second-order valence-electron chi connectivity index (χ2n) is 4.96. The van der Waals surface area contributed by atoms with Crippen LogP contribution in [0.3, 0.4) is 0 Å². The van der Waals surface area contributed by atoms with Crippen molar-refractivity contribution in [2.24, 2.45) is 0 Å². The fourth-order valence-corrected chi connectivity index (χ4v) is 4.09. The van der Waals surface area contributed by atoms with E-state index >= 15 is 0 Å². The van der Waals surface area contributed by atoms with Gasteiger partial charge in [0.05, 0.1) is 20.0 Å². The molecule has 1 amide bonds. The molecule has 0 spiro atoms. The van der Waals surface area contributed by atoms with E-state index in [-0.39, 0.29) is 11.6 Å². The molecule has 25 heavy (non-hydrogen) atoms. The lowest BCUT2D eigenvalue weighted by Crippen LogP contribution is -2.27. The molecular formula is C16H8BrClN2O3S2. The Balaban J connectivity index is 1.96. The van der Waals surface area contributed by atoms with E-state index in [2.05, 4.69) is 15.9 Å². The Kier molecular flexibility index (Phi) is 5.24. The molecule has 2 aromatic carbocycles. The van der Waals surface area contributed by atoms with Crippen molar-refractivity contribution >= 4 is 79.2 Å². The van der Waals surface area contributed by atoms with Gasteiger partial charge in [0, 0.05) is 11.1 Å². The van der Waals surface area contributed by atoms with Crippen LogP contribution in [-0.4, -0.2) is 15.2 Å². The fraction of sp³-hybridized carbons (Fsp3) is 0. The van der Waals surface area contributed by atoms with Crippen molar-refractivity contribution in [2.75, 3.05) is 4.90 Å². The van der Waals surface area contributed by atoms with Crippen molar-refractivity contribution in [3.63, 3.8) is 0 Å². The van der Waals surface area contributed by atoms with Crippen LogP contribution in [-0.2, 0) is 4.79 Å². The van der Waals surface area contributed by atoms with Crippen LogP contribution in [0.2, 0.25) is 5.02 Å². The van der Waals surface area contributed by atoms with E-state index in [1.54, 1.807) is 42.5 Å². The molecule has 0 aliphatic carbocycles. The minimum Gasteiger partial charge on any atom is -0.268 e. The van der Waals surface area contributed by atoms with Crippen molar-refractivity contribution < 1.29 is 9.72 Å². The predicted molar refractivity (Wildman–Crippen MR) is 108 cm³/mol. The molecule has 1 aliphatic heterocycles. The molecule has 5 nitrogen and oxygen atoms in total. The smallest absolute Gasteiger partial charge is 0.268 e. The molecule has 0 atom stereocenters. The third-order valence-corrected chi connectivity index (χ3v) is 5.53. The molecule has 1 fully saturated rings. The molecule has 1 aliphatic rings. The van der Waals surface area contributed by atoms with E-state index < -0.39 is 4.92 Å². The largest absolute Gasteiger partial charge is 0.284 e. The summed E-state index contributed by atoms with van der Waals surface area (Å²) in [5.41, 5.74) is 1.06. The normalized spacial score (nSPS) is 15.9. The Morgan fingerprint density at radius 2 is 2.04 bits per heavy atom.